The number of amides is 1. The van der Waals surface area contributed by atoms with Crippen molar-refractivity contribution >= 4 is 11.8 Å². The summed E-state index contributed by atoms with van der Waals surface area (Å²) in [4.78, 5) is 14.8. The van der Waals surface area contributed by atoms with Crippen molar-refractivity contribution < 1.29 is 19.5 Å². The zero-order chi connectivity index (χ0) is 14.0. The molecule has 0 radical (unpaired) electrons. The van der Waals surface area contributed by atoms with Crippen molar-refractivity contribution in [2.24, 2.45) is 0 Å². The molecule has 0 fully saturated rings. The molecule has 0 saturated heterocycles. The summed E-state index contributed by atoms with van der Waals surface area (Å²) < 4.78 is 5.14. The van der Waals surface area contributed by atoms with E-state index in [-0.39, 0.29) is 6.61 Å². The molecule has 2 aromatic heterocycles. The minimum Gasteiger partial charge on any atom is -0.465 e. The first-order valence-electron chi connectivity index (χ1n) is 5.57. The van der Waals surface area contributed by atoms with Gasteiger partial charge in [0.15, 0.2) is 5.76 Å². The van der Waals surface area contributed by atoms with Crippen LogP contribution in [0.1, 0.15) is 17.0 Å². The van der Waals surface area contributed by atoms with Gasteiger partial charge in [-0.15, -0.1) is 0 Å². The number of nitrogens with one attached hydrogen (secondary N) is 1. The molecule has 1 amide bonds. The lowest BCUT2D eigenvalue weighted by molar-refractivity contribution is 0.209. The fourth-order valence-electron chi connectivity index (χ4n) is 1.71. The van der Waals surface area contributed by atoms with Gasteiger partial charge in [0.1, 0.15) is 5.69 Å². The van der Waals surface area contributed by atoms with Crippen LogP contribution in [0.3, 0.4) is 0 Å². The summed E-state index contributed by atoms with van der Waals surface area (Å²) in [6.07, 6.45) is -1.15. The van der Waals surface area contributed by atoms with E-state index < -0.39 is 6.09 Å². The molecule has 7 heteroatoms. The maximum Gasteiger partial charge on any atom is 0.409 e. The third-order valence-electron chi connectivity index (χ3n) is 2.70. The number of aliphatic hydroxyl groups is 1. The minimum atomic E-state index is -1.15. The van der Waals surface area contributed by atoms with Crippen LogP contribution >= 0.6 is 0 Å². The molecule has 0 bridgehead atoms. The quantitative estimate of drug-likeness (QED) is 0.780. The van der Waals surface area contributed by atoms with Crippen molar-refractivity contribution in [3.8, 4) is 11.5 Å². The normalized spacial score (nSPS) is 10.5. The summed E-state index contributed by atoms with van der Waals surface area (Å²) in [7, 11) is 0. The van der Waals surface area contributed by atoms with Gasteiger partial charge < -0.3 is 14.7 Å². The highest BCUT2D eigenvalue weighted by Crippen LogP contribution is 2.26. The molecule has 2 rings (SSSR count). The van der Waals surface area contributed by atoms with Gasteiger partial charge in [0.05, 0.1) is 23.7 Å². The third kappa shape index (κ3) is 2.55. The number of nitrogens with zero attached hydrogens (tertiary/aromatic N) is 2. The van der Waals surface area contributed by atoms with Gasteiger partial charge in [-0.2, -0.15) is 0 Å². The van der Waals surface area contributed by atoms with E-state index >= 15 is 0 Å². The Morgan fingerprint density at radius 3 is 2.68 bits per heavy atom. The van der Waals surface area contributed by atoms with Crippen LogP contribution in [0.15, 0.2) is 16.7 Å². The SMILES string of the molecule is Cc1nc(-c2onc(C)c2CO)ccc1NC(=O)O. The van der Waals surface area contributed by atoms with Crippen molar-refractivity contribution in [2.75, 3.05) is 5.32 Å². The zero-order valence-electron chi connectivity index (χ0n) is 10.5. The molecule has 2 heterocycles. The second kappa shape index (κ2) is 5.07. The highest BCUT2D eigenvalue weighted by Gasteiger charge is 2.16. The lowest BCUT2D eigenvalue weighted by Crippen LogP contribution is -2.09. The smallest absolute Gasteiger partial charge is 0.409 e. The van der Waals surface area contributed by atoms with Crippen molar-refractivity contribution in [2.45, 2.75) is 20.5 Å². The molecular weight excluding hydrogens is 250 g/mol. The lowest BCUT2D eigenvalue weighted by Gasteiger charge is -2.06. The third-order valence-corrected chi connectivity index (χ3v) is 2.70. The van der Waals surface area contributed by atoms with Crippen LogP contribution in [0, 0.1) is 13.8 Å². The molecule has 0 saturated carbocycles. The Hall–Kier alpha value is -2.41. The van der Waals surface area contributed by atoms with Crippen LogP contribution in [0.4, 0.5) is 10.5 Å². The van der Waals surface area contributed by atoms with E-state index in [4.69, 9.17) is 9.63 Å². The summed E-state index contributed by atoms with van der Waals surface area (Å²) >= 11 is 0. The van der Waals surface area contributed by atoms with Crippen molar-refractivity contribution in [1.82, 2.24) is 10.1 Å². The zero-order valence-corrected chi connectivity index (χ0v) is 10.5. The molecule has 19 heavy (non-hydrogen) atoms. The molecule has 0 aliphatic heterocycles. The lowest BCUT2D eigenvalue weighted by atomic mass is 10.1. The molecule has 0 unspecified atom stereocenters. The van der Waals surface area contributed by atoms with Gasteiger partial charge >= 0.3 is 6.09 Å². The number of aryl methyl sites for hydroxylation is 2. The van der Waals surface area contributed by atoms with Gasteiger partial charge in [-0.1, -0.05) is 5.16 Å². The Labute approximate surface area is 108 Å². The number of hydrogen-bond donors (Lipinski definition) is 3. The van der Waals surface area contributed by atoms with Gasteiger partial charge in [0.2, 0.25) is 0 Å². The number of anilines is 1. The van der Waals surface area contributed by atoms with Crippen LogP contribution in [0.25, 0.3) is 11.5 Å². The second-order valence-corrected chi connectivity index (χ2v) is 3.99. The Morgan fingerprint density at radius 1 is 1.37 bits per heavy atom. The predicted octanol–water partition coefficient (Wildman–Crippen LogP) is 1.94. The average molecular weight is 263 g/mol. The topological polar surface area (TPSA) is 108 Å². The fraction of sp³-hybridized carbons (Fsp3) is 0.250. The Bertz CT molecular complexity index is 621. The fourth-order valence-corrected chi connectivity index (χ4v) is 1.71. The molecule has 0 aromatic carbocycles. The predicted molar refractivity (Wildman–Crippen MR) is 66.8 cm³/mol. The number of aromatic nitrogens is 2. The number of hydrogen-bond acceptors (Lipinski definition) is 5. The maximum atomic E-state index is 10.6. The highest BCUT2D eigenvalue weighted by molar-refractivity contribution is 5.83. The van der Waals surface area contributed by atoms with E-state index in [1.54, 1.807) is 26.0 Å². The van der Waals surface area contributed by atoms with Crippen molar-refractivity contribution in [3.63, 3.8) is 0 Å². The number of pyridine rings is 1. The standard InChI is InChI=1S/C12H13N3O4/c1-6-8(5-16)11(19-15-6)10-4-3-9(7(2)13-10)14-12(17)18/h3-4,14,16H,5H2,1-2H3,(H,17,18). The largest absolute Gasteiger partial charge is 0.465 e. The van der Waals surface area contributed by atoms with Crippen molar-refractivity contribution in [3.05, 3.63) is 29.1 Å². The van der Waals surface area contributed by atoms with Crippen LogP contribution in [-0.4, -0.2) is 26.4 Å². The molecule has 0 atom stereocenters. The second-order valence-electron chi connectivity index (χ2n) is 3.99. The Balaban J connectivity index is 2.41. The van der Waals surface area contributed by atoms with E-state index in [1.165, 1.54) is 0 Å². The molecule has 0 aliphatic rings. The van der Waals surface area contributed by atoms with Gasteiger partial charge in [-0.05, 0) is 26.0 Å². The van der Waals surface area contributed by atoms with E-state index in [0.29, 0.717) is 34.1 Å². The van der Waals surface area contributed by atoms with E-state index in [2.05, 4.69) is 15.5 Å². The molecule has 7 nitrogen and oxygen atoms in total. The molecular formula is C12H13N3O4. The Morgan fingerprint density at radius 2 is 2.11 bits per heavy atom. The first kappa shape index (κ1) is 13.0. The molecule has 3 N–H and O–H groups in total. The number of rotatable bonds is 3. The van der Waals surface area contributed by atoms with Gasteiger partial charge in [0, 0.05) is 5.56 Å². The van der Waals surface area contributed by atoms with Gasteiger partial charge in [-0.25, -0.2) is 9.78 Å². The molecule has 2 aromatic rings. The maximum absolute atomic E-state index is 10.6. The molecule has 100 valence electrons. The monoisotopic (exact) mass is 263 g/mol. The average Bonchev–Trinajstić information content (AvgIpc) is 2.72. The summed E-state index contributed by atoms with van der Waals surface area (Å²) in [5, 5.41) is 24.0. The van der Waals surface area contributed by atoms with Gasteiger partial charge in [-0.3, -0.25) is 5.32 Å². The van der Waals surface area contributed by atoms with Crippen LogP contribution in [0.5, 0.6) is 0 Å². The summed E-state index contributed by atoms with van der Waals surface area (Å²) in [6.45, 7) is 3.21. The Kier molecular flexibility index (Phi) is 3.48. The summed E-state index contributed by atoms with van der Waals surface area (Å²) in [5.74, 6) is 0.393. The minimum absolute atomic E-state index is 0.194. The van der Waals surface area contributed by atoms with Gasteiger partial charge in [0.25, 0.3) is 0 Å². The molecule has 0 aliphatic carbocycles. The highest BCUT2D eigenvalue weighted by atomic mass is 16.5. The van der Waals surface area contributed by atoms with Crippen LogP contribution in [0.2, 0.25) is 0 Å². The summed E-state index contributed by atoms with van der Waals surface area (Å²) in [5.41, 5.74) is 2.59. The number of aliphatic hydroxyl groups excluding tert-OH is 1. The van der Waals surface area contributed by atoms with Crippen molar-refractivity contribution in [1.29, 1.82) is 0 Å². The first-order chi connectivity index (χ1) is 9.02. The van der Waals surface area contributed by atoms with E-state index in [1.807, 2.05) is 0 Å². The molecule has 0 spiro atoms. The van der Waals surface area contributed by atoms with E-state index in [9.17, 15) is 9.90 Å². The number of carbonyl (C=O) groups is 1. The van der Waals surface area contributed by atoms with Crippen LogP contribution < -0.4 is 5.32 Å². The number of carboxylic acid groups (broad SMARTS) is 1. The summed E-state index contributed by atoms with van der Waals surface area (Å²) in [6, 6.07) is 3.20. The first-order valence-corrected chi connectivity index (χ1v) is 5.57. The van der Waals surface area contributed by atoms with Crippen LogP contribution in [-0.2, 0) is 6.61 Å². The van der Waals surface area contributed by atoms with E-state index in [0.717, 1.165) is 0 Å².